The first-order chi connectivity index (χ1) is 12.8. The van der Waals surface area contributed by atoms with Crippen LogP contribution in [0.4, 0.5) is 11.5 Å². The molecule has 1 atom stereocenters. The second-order valence-electron chi connectivity index (χ2n) is 6.94. The van der Waals surface area contributed by atoms with Crippen LogP contribution in [0.1, 0.15) is 36.6 Å². The highest BCUT2D eigenvalue weighted by atomic mass is 16.2. The number of aromatic nitrogens is 2. The van der Waals surface area contributed by atoms with Gasteiger partial charge in [-0.05, 0) is 30.9 Å². The molecule has 6 nitrogen and oxygen atoms in total. The normalized spacial score (nSPS) is 18.9. The summed E-state index contributed by atoms with van der Waals surface area (Å²) in [6.45, 7) is 2.60. The highest BCUT2D eigenvalue weighted by Crippen LogP contribution is 2.32. The minimum Gasteiger partial charge on any atom is -0.372 e. The monoisotopic (exact) mass is 351 g/mol. The summed E-state index contributed by atoms with van der Waals surface area (Å²) in [7, 11) is 1.83. The number of hydrogen-bond donors (Lipinski definition) is 1. The number of hydrogen-bond acceptors (Lipinski definition) is 5. The lowest BCUT2D eigenvalue weighted by atomic mass is 10.1. The van der Waals surface area contributed by atoms with Crippen molar-refractivity contribution in [1.82, 2.24) is 14.9 Å². The number of anilines is 2. The highest BCUT2D eigenvalue weighted by molar-refractivity contribution is 5.78. The fourth-order valence-corrected chi connectivity index (χ4v) is 4.05. The van der Waals surface area contributed by atoms with Gasteiger partial charge in [0, 0.05) is 38.8 Å². The Morgan fingerprint density at radius 2 is 2.15 bits per heavy atom. The van der Waals surface area contributed by atoms with Crippen LogP contribution in [0, 0.1) is 0 Å². The lowest BCUT2D eigenvalue weighted by molar-refractivity contribution is -0.132. The molecule has 0 aliphatic carbocycles. The molecule has 1 N–H and O–H groups in total. The fourth-order valence-electron chi connectivity index (χ4n) is 4.05. The van der Waals surface area contributed by atoms with E-state index < -0.39 is 0 Å². The number of carbonyl (C=O) groups is 1. The minimum atomic E-state index is 0.0502. The summed E-state index contributed by atoms with van der Waals surface area (Å²) < 4.78 is 0. The van der Waals surface area contributed by atoms with Gasteiger partial charge in [-0.15, -0.1) is 0 Å². The Labute approximate surface area is 154 Å². The standard InChI is InChI=1S/C20H25N5O/c1-21-19-14-22-13-16(23-19)18-7-4-10-25(18)20(26)9-12-24-11-8-15-5-2-3-6-17(15)24/h2-3,5-6,13-14,18H,4,7-12H2,1H3,(H,21,23)/t18-/m1/s1. The van der Waals surface area contributed by atoms with Gasteiger partial charge in [-0.1, -0.05) is 18.2 Å². The molecule has 26 heavy (non-hydrogen) atoms. The van der Waals surface area contributed by atoms with Crippen molar-refractivity contribution in [2.75, 3.05) is 36.9 Å². The third-order valence-electron chi connectivity index (χ3n) is 5.40. The SMILES string of the molecule is CNc1cncc([C@H]2CCCN2C(=O)CCN2CCc3ccccc32)n1. The zero-order valence-electron chi connectivity index (χ0n) is 15.2. The first-order valence-electron chi connectivity index (χ1n) is 9.38. The maximum Gasteiger partial charge on any atom is 0.224 e. The Morgan fingerprint density at radius 1 is 1.27 bits per heavy atom. The van der Waals surface area contributed by atoms with E-state index in [1.165, 1.54) is 11.3 Å². The van der Waals surface area contributed by atoms with Gasteiger partial charge in [0.25, 0.3) is 0 Å². The van der Waals surface area contributed by atoms with Gasteiger partial charge >= 0.3 is 0 Å². The number of fused-ring (bicyclic) bond motifs is 1. The van der Waals surface area contributed by atoms with Gasteiger partial charge in [-0.25, -0.2) is 4.98 Å². The number of nitrogens with one attached hydrogen (secondary N) is 1. The molecule has 1 aromatic heterocycles. The molecule has 6 heteroatoms. The maximum absolute atomic E-state index is 12.9. The van der Waals surface area contributed by atoms with E-state index in [4.69, 9.17) is 0 Å². The Balaban J connectivity index is 1.41. The molecule has 2 aliphatic rings. The second-order valence-corrected chi connectivity index (χ2v) is 6.94. The molecule has 0 spiro atoms. The number of para-hydroxylation sites is 1. The van der Waals surface area contributed by atoms with Crippen LogP contribution in [0.5, 0.6) is 0 Å². The zero-order chi connectivity index (χ0) is 17.9. The molecule has 0 radical (unpaired) electrons. The van der Waals surface area contributed by atoms with Gasteiger partial charge in [0.1, 0.15) is 5.82 Å². The molecule has 0 unspecified atom stereocenters. The van der Waals surface area contributed by atoms with Crippen LogP contribution in [0.15, 0.2) is 36.7 Å². The molecule has 2 aliphatic heterocycles. The summed E-state index contributed by atoms with van der Waals surface area (Å²) in [6, 6.07) is 8.55. The smallest absolute Gasteiger partial charge is 0.224 e. The number of carbonyl (C=O) groups excluding carboxylic acids is 1. The van der Waals surface area contributed by atoms with Crippen LogP contribution >= 0.6 is 0 Å². The molecule has 1 fully saturated rings. The third kappa shape index (κ3) is 3.23. The summed E-state index contributed by atoms with van der Waals surface area (Å²) in [4.78, 5) is 26.1. The quantitative estimate of drug-likeness (QED) is 0.897. The maximum atomic E-state index is 12.9. The number of rotatable bonds is 5. The van der Waals surface area contributed by atoms with E-state index in [1.54, 1.807) is 12.4 Å². The summed E-state index contributed by atoms with van der Waals surface area (Å²) in [5, 5.41) is 3.02. The van der Waals surface area contributed by atoms with E-state index in [0.717, 1.165) is 50.4 Å². The van der Waals surface area contributed by atoms with Crippen molar-refractivity contribution in [3.8, 4) is 0 Å². The summed E-state index contributed by atoms with van der Waals surface area (Å²) >= 11 is 0. The van der Waals surface area contributed by atoms with E-state index in [1.807, 2.05) is 11.9 Å². The van der Waals surface area contributed by atoms with Crippen LogP contribution < -0.4 is 10.2 Å². The number of likely N-dealkylation sites (tertiary alicyclic amines) is 1. The van der Waals surface area contributed by atoms with E-state index in [2.05, 4.69) is 44.5 Å². The van der Waals surface area contributed by atoms with E-state index >= 15 is 0 Å². The number of nitrogens with zero attached hydrogens (tertiary/aromatic N) is 4. The molecular formula is C20H25N5O. The van der Waals surface area contributed by atoms with Crippen molar-refractivity contribution in [3.63, 3.8) is 0 Å². The zero-order valence-corrected chi connectivity index (χ0v) is 15.2. The van der Waals surface area contributed by atoms with Crippen molar-refractivity contribution in [2.24, 2.45) is 0 Å². The first kappa shape index (κ1) is 16.8. The molecule has 1 amide bonds. The predicted octanol–water partition coefficient (Wildman–Crippen LogP) is 2.63. The predicted molar refractivity (Wildman–Crippen MR) is 102 cm³/mol. The highest BCUT2D eigenvalue weighted by Gasteiger charge is 2.31. The van der Waals surface area contributed by atoms with Gasteiger partial charge < -0.3 is 15.1 Å². The summed E-state index contributed by atoms with van der Waals surface area (Å²) in [6.07, 6.45) is 7.09. The van der Waals surface area contributed by atoms with Crippen molar-refractivity contribution in [3.05, 3.63) is 47.9 Å². The number of benzene rings is 1. The fraction of sp³-hybridized carbons (Fsp3) is 0.450. The van der Waals surface area contributed by atoms with Gasteiger partial charge in [0.2, 0.25) is 5.91 Å². The van der Waals surface area contributed by atoms with Crippen LogP contribution in [0.3, 0.4) is 0 Å². The molecule has 0 saturated carbocycles. The summed E-state index contributed by atoms with van der Waals surface area (Å²) in [5.74, 6) is 0.962. The average Bonchev–Trinajstić information content (AvgIpc) is 3.33. The van der Waals surface area contributed by atoms with Crippen molar-refractivity contribution < 1.29 is 4.79 Å². The van der Waals surface area contributed by atoms with Crippen LogP contribution in [0.2, 0.25) is 0 Å². The Hall–Kier alpha value is -2.63. The molecule has 1 saturated heterocycles. The first-order valence-corrected chi connectivity index (χ1v) is 9.38. The second kappa shape index (κ2) is 7.32. The van der Waals surface area contributed by atoms with Crippen LogP contribution in [0.25, 0.3) is 0 Å². The van der Waals surface area contributed by atoms with Gasteiger partial charge in [-0.2, -0.15) is 0 Å². The van der Waals surface area contributed by atoms with E-state index in [9.17, 15) is 4.79 Å². The Morgan fingerprint density at radius 3 is 3.04 bits per heavy atom. The molecule has 0 bridgehead atoms. The molecule has 3 heterocycles. The minimum absolute atomic E-state index is 0.0502. The molecule has 136 valence electrons. The Bertz CT molecular complexity index is 793. The van der Waals surface area contributed by atoms with E-state index in [0.29, 0.717) is 6.42 Å². The molecule has 1 aromatic carbocycles. The number of amides is 1. The van der Waals surface area contributed by atoms with Crippen molar-refractivity contribution in [1.29, 1.82) is 0 Å². The topological polar surface area (TPSA) is 61.4 Å². The van der Waals surface area contributed by atoms with Gasteiger partial charge in [0.05, 0.1) is 24.1 Å². The lowest BCUT2D eigenvalue weighted by Crippen LogP contribution is -2.34. The Kier molecular flexibility index (Phi) is 4.73. The van der Waals surface area contributed by atoms with Crippen LogP contribution in [-0.2, 0) is 11.2 Å². The summed E-state index contributed by atoms with van der Waals surface area (Å²) in [5.41, 5.74) is 3.55. The van der Waals surface area contributed by atoms with Crippen LogP contribution in [-0.4, -0.2) is 47.5 Å². The van der Waals surface area contributed by atoms with Gasteiger partial charge in [0.15, 0.2) is 0 Å². The lowest BCUT2D eigenvalue weighted by Gasteiger charge is -2.26. The largest absolute Gasteiger partial charge is 0.372 e. The third-order valence-corrected chi connectivity index (χ3v) is 5.40. The average molecular weight is 351 g/mol. The van der Waals surface area contributed by atoms with Gasteiger partial charge in [-0.3, -0.25) is 9.78 Å². The van der Waals surface area contributed by atoms with Crippen molar-refractivity contribution >= 4 is 17.4 Å². The van der Waals surface area contributed by atoms with E-state index in [-0.39, 0.29) is 11.9 Å². The molecular weight excluding hydrogens is 326 g/mol. The molecule has 4 rings (SSSR count). The van der Waals surface area contributed by atoms with Crippen molar-refractivity contribution in [2.45, 2.75) is 31.7 Å². The molecule has 2 aromatic rings.